The van der Waals surface area contributed by atoms with Crippen molar-refractivity contribution in [2.75, 3.05) is 30.9 Å². The van der Waals surface area contributed by atoms with Crippen molar-refractivity contribution < 1.29 is 22.7 Å². The summed E-state index contributed by atoms with van der Waals surface area (Å²) in [5, 5.41) is 8.73. The van der Waals surface area contributed by atoms with Gasteiger partial charge in [0.05, 0.1) is 18.8 Å². The van der Waals surface area contributed by atoms with Gasteiger partial charge >= 0.3 is 0 Å². The van der Waals surface area contributed by atoms with E-state index in [2.05, 4.69) is 30.9 Å². The van der Waals surface area contributed by atoms with E-state index in [0.29, 0.717) is 48.9 Å². The summed E-state index contributed by atoms with van der Waals surface area (Å²) in [4.78, 5) is 25.4. The number of carbonyl (C=O) groups is 1. The summed E-state index contributed by atoms with van der Waals surface area (Å²) in [7, 11) is 1.65. The number of imidazole rings is 1. The molecular weight excluding hydrogens is 463 g/mol. The summed E-state index contributed by atoms with van der Waals surface area (Å²) in [6.07, 6.45) is 5.40. The summed E-state index contributed by atoms with van der Waals surface area (Å²) in [5.74, 6) is -2.48. The molecule has 0 spiro atoms. The largest absolute Gasteiger partial charge is 0.379 e. The minimum atomic E-state index is -1.07. The summed E-state index contributed by atoms with van der Waals surface area (Å²) in [5.41, 5.74) is 0.430. The molecule has 1 saturated heterocycles. The molecule has 2 aromatic heterocycles. The number of nitrogens with zero attached hydrogens (tertiary/aromatic N) is 4. The zero-order valence-corrected chi connectivity index (χ0v) is 19.2. The third kappa shape index (κ3) is 4.75. The van der Waals surface area contributed by atoms with Crippen molar-refractivity contribution in [2.45, 2.75) is 44.2 Å². The van der Waals surface area contributed by atoms with Crippen LogP contribution >= 0.6 is 0 Å². The average Bonchev–Trinajstić information content (AvgIpc) is 3.48. The molecule has 1 aliphatic heterocycles. The number of nitrogens with one attached hydrogen (secondary N) is 3. The minimum absolute atomic E-state index is 0.0196. The number of fused-ring (bicyclic) bond motifs is 1. The number of benzene rings is 1. The first-order valence-corrected chi connectivity index (χ1v) is 11.7. The van der Waals surface area contributed by atoms with E-state index in [9.17, 15) is 18.0 Å². The first-order valence-electron chi connectivity index (χ1n) is 11.7. The Hall–Kier alpha value is -3.41. The van der Waals surface area contributed by atoms with Crippen LogP contribution in [-0.2, 0) is 9.53 Å². The van der Waals surface area contributed by atoms with Gasteiger partial charge in [0, 0.05) is 37.7 Å². The van der Waals surface area contributed by atoms with Gasteiger partial charge in [0.2, 0.25) is 17.8 Å². The fourth-order valence-corrected chi connectivity index (χ4v) is 4.78. The van der Waals surface area contributed by atoms with Gasteiger partial charge in [-0.05, 0) is 32.1 Å². The second kappa shape index (κ2) is 9.68. The number of rotatable bonds is 6. The molecule has 1 aliphatic carbocycles. The molecule has 35 heavy (non-hydrogen) atoms. The number of ether oxygens (including phenoxy) is 1. The maximum atomic E-state index is 14.3. The fourth-order valence-electron chi connectivity index (χ4n) is 4.78. The number of carbonyl (C=O) groups excluding carboxylic acids is 1. The van der Waals surface area contributed by atoms with E-state index in [-0.39, 0.29) is 29.9 Å². The molecule has 3 aromatic rings. The molecule has 1 unspecified atom stereocenters. The van der Waals surface area contributed by atoms with Gasteiger partial charge in [0.15, 0.2) is 17.3 Å². The predicted octanol–water partition coefficient (Wildman–Crippen LogP) is 3.67. The molecule has 186 valence electrons. The molecule has 5 rings (SSSR count). The van der Waals surface area contributed by atoms with E-state index in [0.717, 1.165) is 25.7 Å². The summed E-state index contributed by atoms with van der Waals surface area (Å²) >= 11 is 0. The molecule has 12 heteroatoms. The van der Waals surface area contributed by atoms with Crippen LogP contribution < -0.4 is 16.0 Å². The van der Waals surface area contributed by atoms with Crippen molar-refractivity contribution in [3.63, 3.8) is 0 Å². The molecule has 1 saturated carbocycles. The lowest BCUT2D eigenvalue weighted by Gasteiger charge is -2.28. The van der Waals surface area contributed by atoms with Crippen LogP contribution in [0.5, 0.6) is 0 Å². The Morgan fingerprint density at radius 3 is 2.49 bits per heavy atom. The summed E-state index contributed by atoms with van der Waals surface area (Å²) < 4.78 is 49.3. The van der Waals surface area contributed by atoms with E-state index in [1.165, 1.54) is 0 Å². The van der Waals surface area contributed by atoms with Gasteiger partial charge in [-0.2, -0.15) is 4.98 Å². The van der Waals surface area contributed by atoms with E-state index < -0.39 is 23.1 Å². The highest BCUT2D eigenvalue weighted by Gasteiger charge is 2.28. The van der Waals surface area contributed by atoms with Crippen LogP contribution in [0.3, 0.4) is 0 Å². The van der Waals surface area contributed by atoms with Gasteiger partial charge in [-0.25, -0.2) is 23.1 Å². The zero-order valence-electron chi connectivity index (χ0n) is 19.2. The highest BCUT2D eigenvalue weighted by Crippen LogP contribution is 2.32. The van der Waals surface area contributed by atoms with Crippen molar-refractivity contribution in [3.05, 3.63) is 35.8 Å². The van der Waals surface area contributed by atoms with Crippen molar-refractivity contribution in [1.82, 2.24) is 24.8 Å². The van der Waals surface area contributed by atoms with Crippen molar-refractivity contribution in [2.24, 2.45) is 5.92 Å². The van der Waals surface area contributed by atoms with Crippen LogP contribution in [0.25, 0.3) is 11.2 Å². The van der Waals surface area contributed by atoms with Crippen molar-refractivity contribution >= 4 is 34.7 Å². The number of hydrogen-bond donors (Lipinski definition) is 3. The van der Waals surface area contributed by atoms with Crippen LogP contribution in [0.4, 0.5) is 30.8 Å². The fraction of sp³-hybridized carbons (Fsp3) is 0.478. The number of amides is 1. The lowest BCUT2D eigenvalue weighted by Crippen LogP contribution is -2.34. The normalized spacial score (nSPS) is 22.3. The molecule has 2 fully saturated rings. The molecule has 1 amide bonds. The maximum absolute atomic E-state index is 14.3. The zero-order chi connectivity index (χ0) is 24.5. The topological polar surface area (TPSA) is 106 Å². The molecular formula is C23H26F3N7O2. The highest BCUT2D eigenvalue weighted by atomic mass is 19.1. The Morgan fingerprint density at radius 1 is 1.09 bits per heavy atom. The van der Waals surface area contributed by atoms with E-state index in [1.54, 1.807) is 17.8 Å². The second-order valence-corrected chi connectivity index (χ2v) is 8.90. The van der Waals surface area contributed by atoms with Gasteiger partial charge in [-0.3, -0.25) is 9.36 Å². The minimum Gasteiger partial charge on any atom is -0.379 e. The Labute approximate surface area is 199 Å². The lowest BCUT2D eigenvalue weighted by atomic mass is 9.85. The van der Waals surface area contributed by atoms with Gasteiger partial charge in [-0.15, -0.1) is 0 Å². The monoisotopic (exact) mass is 489 g/mol. The van der Waals surface area contributed by atoms with Gasteiger partial charge < -0.3 is 20.7 Å². The van der Waals surface area contributed by atoms with Crippen LogP contribution in [-0.4, -0.2) is 51.7 Å². The van der Waals surface area contributed by atoms with Crippen molar-refractivity contribution in [1.29, 1.82) is 0 Å². The van der Waals surface area contributed by atoms with Crippen LogP contribution in [0.2, 0.25) is 0 Å². The molecule has 3 heterocycles. The van der Waals surface area contributed by atoms with E-state index >= 15 is 0 Å². The molecule has 9 nitrogen and oxygen atoms in total. The number of anilines is 3. The molecule has 3 N–H and O–H groups in total. The quantitative estimate of drug-likeness (QED) is 0.485. The molecule has 0 radical (unpaired) electrons. The first-order chi connectivity index (χ1) is 16.9. The maximum Gasteiger partial charge on any atom is 0.224 e. The van der Waals surface area contributed by atoms with Gasteiger partial charge in [-0.1, -0.05) is 0 Å². The predicted molar refractivity (Wildman–Crippen MR) is 123 cm³/mol. The van der Waals surface area contributed by atoms with Crippen LogP contribution in [0, 0.1) is 23.4 Å². The third-order valence-electron chi connectivity index (χ3n) is 6.62. The van der Waals surface area contributed by atoms with E-state index in [4.69, 9.17) is 4.74 Å². The summed E-state index contributed by atoms with van der Waals surface area (Å²) in [6.45, 7) is 0.929. The molecule has 0 bridgehead atoms. The highest BCUT2D eigenvalue weighted by molar-refractivity contribution is 5.78. The first kappa shape index (κ1) is 23.3. The Kier molecular flexibility index (Phi) is 6.46. The van der Waals surface area contributed by atoms with Crippen LogP contribution in [0.1, 0.15) is 38.1 Å². The smallest absolute Gasteiger partial charge is 0.224 e. The third-order valence-corrected chi connectivity index (χ3v) is 6.62. The molecule has 2 aliphatic rings. The second-order valence-electron chi connectivity index (χ2n) is 8.90. The standard InChI is InChI=1S/C23H26F3N7O2/c1-27-21(34)12-2-4-14(5-3-12)29-22-28-10-18-20(32-22)33(15-6-7-35-11-15)23(30-18)31-19-16(25)8-13(24)9-17(19)26/h8-10,12,14-15H,2-7,11H2,1H3,(H,27,34)(H,30,31)(H,28,29,32)/t12-,14-,15?. The Morgan fingerprint density at radius 2 is 1.83 bits per heavy atom. The summed E-state index contributed by atoms with van der Waals surface area (Å²) in [6, 6.07) is 1.19. The lowest BCUT2D eigenvalue weighted by molar-refractivity contribution is -0.125. The number of halogens is 3. The van der Waals surface area contributed by atoms with Crippen molar-refractivity contribution in [3.8, 4) is 0 Å². The van der Waals surface area contributed by atoms with Crippen LogP contribution in [0.15, 0.2) is 18.3 Å². The Balaban J connectivity index is 1.43. The SMILES string of the molecule is CNC(=O)[C@H]1CC[C@H](Nc2ncc3nc(Nc4c(F)cc(F)cc4F)n(C4CCOC4)c3n2)CC1. The molecule has 1 atom stereocenters. The van der Waals surface area contributed by atoms with Gasteiger partial charge in [0.25, 0.3) is 0 Å². The average molecular weight is 490 g/mol. The molecule has 1 aromatic carbocycles. The number of aromatic nitrogens is 4. The number of hydrogen-bond acceptors (Lipinski definition) is 7. The van der Waals surface area contributed by atoms with Gasteiger partial charge in [0.1, 0.15) is 17.0 Å². The Bertz CT molecular complexity index is 1210. The van der Waals surface area contributed by atoms with E-state index in [1.807, 2.05) is 0 Å².